The molecule has 1 nitrogen and oxygen atoms in total. The molecule has 0 radical (unpaired) electrons. The fourth-order valence-corrected chi connectivity index (χ4v) is 2.56. The molecule has 2 rings (SSSR count). The highest BCUT2D eigenvalue weighted by Crippen LogP contribution is 2.21. The van der Waals surface area contributed by atoms with E-state index in [9.17, 15) is 0 Å². The normalized spacial score (nSPS) is 17.6. The molecule has 0 aromatic heterocycles. The number of rotatable bonds is 5. The van der Waals surface area contributed by atoms with E-state index in [0.717, 1.165) is 12.8 Å². The number of hydrogen-bond donors (Lipinski definition) is 1. The number of aryl methyl sites for hydroxylation is 1. The van der Waals surface area contributed by atoms with Gasteiger partial charge >= 0.3 is 0 Å². The number of nitrogens with two attached hydrogens (primary N) is 1. The van der Waals surface area contributed by atoms with Gasteiger partial charge in [-0.15, -0.1) is 0 Å². The summed E-state index contributed by atoms with van der Waals surface area (Å²) in [6, 6.07) is 11.0. The minimum Gasteiger partial charge on any atom is -0.324 e. The molecule has 17 heavy (non-hydrogen) atoms. The molecule has 0 bridgehead atoms. The van der Waals surface area contributed by atoms with Gasteiger partial charge in [0.25, 0.3) is 0 Å². The zero-order valence-corrected chi connectivity index (χ0v) is 10.6. The van der Waals surface area contributed by atoms with Crippen LogP contribution in [-0.2, 0) is 6.42 Å². The van der Waals surface area contributed by atoms with Gasteiger partial charge in [0.05, 0.1) is 0 Å². The molecule has 2 N–H and O–H groups in total. The van der Waals surface area contributed by atoms with Crippen LogP contribution < -0.4 is 5.73 Å². The highest BCUT2D eigenvalue weighted by molar-refractivity contribution is 5.15. The van der Waals surface area contributed by atoms with Gasteiger partial charge in [-0.05, 0) is 50.5 Å². The van der Waals surface area contributed by atoms with Crippen molar-refractivity contribution in [1.29, 1.82) is 0 Å². The van der Waals surface area contributed by atoms with Gasteiger partial charge in [-0.3, -0.25) is 0 Å². The topological polar surface area (TPSA) is 26.0 Å². The van der Waals surface area contributed by atoms with Crippen LogP contribution in [0.1, 0.15) is 44.1 Å². The number of benzene rings is 1. The molecule has 1 aliphatic carbocycles. The summed E-state index contributed by atoms with van der Waals surface area (Å²) < 4.78 is 0. The Hall–Kier alpha value is -1.08. The van der Waals surface area contributed by atoms with Crippen molar-refractivity contribution in [2.45, 2.75) is 51.0 Å². The maximum atomic E-state index is 6.24. The lowest BCUT2D eigenvalue weighted by atomic mass is 9.91. The molecule has 0 fully saturated rings. The zero-order chi connectivity index (χ0) is 11.9. The van der Waals surface area contributed by atoms with Crippen LogP contribution in [0, 0.1) is 0 Å². The average Bonchev–Trinajstić information content (AvgIpc) is 2.41. The van der Waals surface area contributed by atoms with Crippen molar-refractivity contribution in [3.05, 3.63) is 47.5 Å². The first-order chi connectivity index (χ1) is 8.36. The minimum absolute atomic E-state index is 0.305. The van der Waals surface area contributed by atoms with Crippen LogP contribution in [0.15, 0.2) is 42.0 Å². The molecule has 1 heteroatoms. The minimum atomic E-state index is 0.305. The van der Waals surface area contributed by atoms with Crippen LogP contribution in [0.3, 0.4) is 0 Å². The highest BCUT2D eigenvalue weighted by Gasteiger charge is 2.11. The molecular formula is C16H23N. The van der Waals surface area contributed by atoms with E-state index in [4.69, 9.17) is 5.73 Å². The van der Waals surface area contributed by atoms with E-state index in [1.54, 1.807) is 0 Å². The summed E-state index contributed by atoms with van der Waals surface area (Å²) in [5, 5.41) is 0. The average molecular weight is 229 g/mol. The van der Waals surface area contributed by atoms with Crippen molar-refractivity contribution in [3.63, 3.8) is 0 Å². The molecule has 92 valence electrons. The van der Waals surface area contributed by atoms with E-state index >= 15 is 0 Å². The van der Waals surface area contributed by atoms with Crippen LogP contribution in [0.5, 0.6) is 0 Å². The lowest BCUT2D eigenvalue weighted by Crippen LogP contribution is -2.23. The third-order valence-corrected chi connectivity index (χ3v) is 3.63. The summed E-state index contributed by atoms with van der Waals surface area (Å²) in [6.07, 6.45) is 11.0. The second-order valence-electron chi connectivity index (χ2n) is 5.01. The first-order valence-electron chi connectivity index (χ1n) is 6.84. The summed E-state index contributed by atoms with van der Waals surface area (Å²) in [5.74, 6) is 0. The van der Waals surface area contributed by atoms with Crippen molar-refractivity contribution < 1.29 is 0 Å². The summed E-state index contributed by atoms with van der Waals surface area (Å²) in [7, 11) is 0. The first-order valence-corrected chi connectivity index (χ1v) is 6.84. The Morgan fingerprint density at radius 3 is 2.65 bits per heavy atom. The van der Waals surface area contributed by atoms with Crippen LogP contribution in [0.4, 0.5) is 0 Å². The standard InChI is InChI=1S/C16H23N/c17-16(15-11-5-2-6-12-15)13-7-10-14-8-3-1-4-9-14/h1,3-4,8-9,11,16H,2,5-7,10,12-13,17H2. The molecule has 1 aromatic rings. The number of hydrogen-bond acceptors (Lipinski definition) is 1. The molecule has 0 saturated carbocycles. The molecule has 0 saturated heterocycles. The van der Waals surface area contributed by atoms with Gasteiger partial charge in [-0.25, -0.2) is 0 Å². The van der Waals surface area contributed by atoms with Gasteiger partial charge in [-0.1, -0.05) is 42.0 Å². The predicted molar refractivity (Wildman–Crippen MR) is 73.9 cm³/mol. The van der Waals surface area contributed by atoms with Crippen molar-refractivity contribution in [3.8, 4) is 0 Å². The van der Waals surface area contributed by atoms with E-state index in [1.165, 1.54) is 43.2 Å². The first kappa shape index (κ1) is 12.4. The molecule has 0 aliphatic heterocycles. The SMILES string of the molecule is NC(CCCc1ccccc1)C1=CCCCC1. The Morgan fingerprint density at radius 2 is 1.94 bits per heavy atom. The summed E-state index contributed by atoms with van der Waals surface area (Å²) >= 11 is 0. The van der Waals surface area contributed by atoms with Crippen LogP contribution in [0.2, 0.25) is 0 Å². The molecule has 0 amide bonds. The molecule has 1 unspecified atom stereocenters. The maximum Gasteiger partial charge on any atom is 0.0253 e. The van der Waals surface area contributed by atoms with Crippen molar-refractivity contribution in [1.82, 2.24) is 0 Å². The molecule has 1 aromatic carbocycles. The molecular weight excluding hydrogens is 206 g/mol. The van der Waals surface area contributed by atoms with Gasteiger partial charge in [0.15, 0.2) is 0 Å². The van der Waals surface area contributed by atoms with Crippen LogP contribution in [0.25, 0.3) is 0 Å². The largest absolute Gasteiger partial charge is 0.324 e. The molecule has 1 aliphatic rings. The Kier molecular flexibility index (Phi) is 4.81. The van der Waals surface area contributed by atoms with E-state index in [-0.39, 0.29) is 0 Å². The number of allylic oxidation sites excluding steroid dienone is 1. The maximum absolute atomic E-state index is 6.24. The smallest absolute Gasteiger partial charge is 0.0253 e. The molecule has 0 spiro atoms. The summed E-state index contributed by atoms with van der Waals surface area (Å²) in [6.45, 7) is 0. The second-order valence-corrected chi connectivity index (χ2v) is 5.01. The molecule has 0 heterocycles. The van der Waals surface area contributed by atoms with Gasteiger partial charge in [0.2, 0.25) is 0 Å². The Balaban J connectivity index is 1.73. The van der Waals surface area contributed by atoms with Crippen molar-refractivity contribution >= 4 is 0 Å². The highest BCUT2D eigenvalue weighted by atomic mass is 14.6. The van der Waals surface area contributed by atoms with E-state index in [1.807, 2.05) is 0 Å². The summed E-state index contributed by atoms with van der Waals surface area (Å²) in [5.41, 5.74) is 9.18. The van der Waals surface area contributed by atoms with Gasteiger partial charge < -0.3 is 5.73 Å². The van der Waals surface area contributed by atoms with E-state index in [0.29, 0.717) is 6.04 Å². The van der Waals surface area contributed by atoms with Gasteiger partial charge in [0, 0.05) is 6.04 Å². The Morgan fingerprint density at radius 1 is 1.12 bits per heavy atom. The van der Waals surface area contributed by atoms with E-state index in [2.05, 4.69) is 36.4 Å². The quantitative estimate of drug-likeness (QED) is 0.763. The third kappa shape index (κ3) is 4.01. The van der Waals surface area contributed by atoms with Crippen molar-refractivity contribution in [2.24, 2.45) is 5.73 Å². The molecule has 1 atom stereocenters. The second kappa shape index (κ2) is 6.61. The van der Waals surface area contributed by atoms with E-state index < -0.39 is 0 Å². The monoisotopic (exact) mass is 229 g/mol. The lowest BCUT2D eigenvalue weighted by Gasteiger charge is -2.19. The Labute approximate surface area is 105 Å². The fourth-order valence-electron chi connectivity index (χ4n) is 2.56. The fraction of sp³-hybridized carbons (Fsp3) is 0.500. The zero-order valence-electron chi connectivity index (χ0n) is 10.6. The van der Waals surface area contributed by atoms with Gasteiger partial charge in [-0.2, -0.15) is 0 Å². The van der Waals surface area contributed by atoms with Crippen LogP contribution in [-0.4, -0.2) is 6.04 Å². The van der Waals surface area contributed by atoms with Crippen LogP contribution >= 0.6 is 0 Å². The predicted octanol–water partition coefficient (Wildman–Crippen LogP) is 3.84. The lowest BCUT2D eigenvalue weighted by molar-refractivity contribution is 0.585. The Bertz CT molecular complexity index is 353. The third-order valence-electron chi connectivity index (χ3n) is 3.63. The van der Waals surface area contributed by atoms with Gasteiger partial charge in [0.1, 0.15) is 0 Å². The summed E-state index contributed by atoms with van der Waals surface area (Å²) in [4.78, 5) is 0. The van der Waals surface area contributed by atoms with Crippen molar-refractivity contribution in [2.75, 3.05) is 0 Å².